The van der Waals surface area contributed by atoms with Crippen LogP contribution in [0.1, 0.15) is 45.0 Å². The van der Waals surface area contributed by atoms with Gasteiger partial charge in [-0.1, -0.05) is 27.7 Å². The van der Waals surface area contributed by atoms with E-state index in [9.17, 15) is 0 Å². The number of nitrogen functional groups attached to an aromatic ring is 1. The molecule has 5 nitrogen and oxygen atoms in total. The van der Waals surface area contributed by atoms with Gasteiger partial charge in [0.05, 0.1) is 6.61 Å². The minimum absolute atomic E-state index is 0.264. The Hall–Kier alpha value is -1.36. The summed E-state index contributed by atoms with van der Waals surface area (Å²) in [5.41, 5.74) is 6.80. The van der Waals surface area contributed by atoms with Crippen molar-refractivity contribution < 1.29 is 4.74 Å². The van der Waals surface area contributed by atoms with E-state index in [0.29, 0.717) is 18.3 Å². The lowest BCUT2D eigenvalue weighted by Gasteiger charge is -2.14. The van der Waals surface area contributed by atoms with Crippen LogP contribution in [0.25, 0.3) is 0 Å². The maximum atomic E-state index is 5.91. The van der Waals surface area contributed by atoms with E-state index < -0.39 is 0 Å². The normalized spacial score (nSPS) is 11.3. The highest BCUT2D eigenvalue weighted by Gasteiger charge is 2.10. The Morgan fingerprint density at radius 2 is 1.89 bits per heavy atom. The van der Waals surface area contributed by atoms with Gasteiger partial charge in [-0.3, -0.25) is 0 Å². The molecule has 3 N–H and O–H groups in total. The first-order chi connectivity index (χ1) is 8.91. The van der Waals surface area contributed by atoms with E-state index in [-0.39, 0.29) is 5.92 Å². The third kappa shape index (κ3) is 5.03. The van der Waals surface area contributed by atoms with Crippen molar-refractivity contribution in [1.82, 2.24) is 9.97 Å². The fourth-order valence-electron chi connectivity index (χ4n) is 1.54. The van der Waals surface area contributed by atoms with Gasteiger partial charge in [0.15, 0.2) is 0 Å². The molecule has 0 saturated heterocycles. The predicted octanol–water partition coefficient (Wildman–Crippen LogP) is 2.58. The van der Waals surface area contributed by atoms with E-state index in [4.69, 9.17) is 10.5 Å². The highest BCUT2D eigenvalue weighted by atomic mass is 16.5. The topological polar surface area (TPSA) is 73.1 Å². The van der Waals surface area contributed by atoms with Crippen LogP contribution in [0.3, 0.4) is 0 Å². The molecule has 1 aromatic heterocycles. The SMILES string of the molecule is Cc1c(N)nc(C(C)C)nc1NCCOCC(C)C. The Kier molecular flexibility index (Phi) is 6.02. The van der Waals surface area contributed by atoms with Crippen molar-refractivity contribution in [2.45, 2.75) is 40.5 Å². The zero-order chi connectivity index (χ0) is 14.4. The van der Waals surface area contributed by atoms with E-state index in [1.807, 2.05) is 6.92 Å². The van der Waals surface area contributed by atoms with Crippen molar-refractivity contribution >= 4 is 11.6 Å². The average molecular weight is 266 g/mol. The number of nitrogens with zero attached hydrogens (tertiary/aromatic N) is 2. The smallest absolute Gasteiger partial charge is 0.135 e. The van der Waals surface area contributed by atoms with Gasteiger partial charge in [-0.15, -0.1) is 0 Å². The molecule has 0 aromatic carbocycles. The molecule has 5 heteroatoms. The van der Waals surface area contributed by atoms with Crippen LogP contribution >= 0.6 is 0 Å². The van der Waals surface area contributed by atoms with E-state index in [1.54, 1.807) is 0 Å². The molecule has 0 saturated carbocycles. The van der Waals surface area contributed by atoms with Crippen molar-refractivity contribution in [1.29, 1.82) is 0 Å². The van der Waals surface area contributed by atoms with E-state index in [1.165, 1.54) is 0 Å². The zero-order valence-corrected chi connectivity index (χ0v) is 12.7. The minimum Gasteiger partial charge on any atom is -0.383 e. The second-order valence-corrected chi connectivity index (χ2v) is 5.49. The van der Waals surface area contributed by atoms with Gasteiger partial charge in [0.1, 0.15) is 17.5 Å². The van der Waals surface area contributed by atoms with Gasteiger partial charge in [0, 0.05) is 24.6 Å². The van der Waals surface area contributed by atoms with Crippen molar-refractivity contribution in [3.63, 3.8) is 0 Å². The second-order valence-electron chi connectivity index (χ2n) is 5.49. The summed E-state index contributed by atoms with van der Waals surface area (Å²) in [6, 6.07) is 0. The van der Waals surface area contributed by atoms with Gasteiger partial charge in [0.25, 0.3) is 0 Å². The maximum Gasteiger partial charge on any atom is 0.135 e. The van der Waals surface area contributed by atoms with Crippen LogP contribution < -0.4 is 11.1 Å². The van der Waals surface area contributed by atoms with Crippen LogP contribution in [-0.2, 0) is 4.74 Å². The van der Waals surface area contributed by atoms with E-state index in [2.05, 4.69) is 43.0 Å². The Balaban J connectivity index is 2.57. The first kappa shape index (κ1) is 15.7. The first-order valence-electron chi connectivity index (χ1n) is 6.87. The fourth-order valence-corrected chi connectivity index (χ4v) is 1.54. The third-order valence-corrected chi connectivity index (χ3v) is 2.71. The number of hydrogen-bond acceptors (Lipinski definition) is 5. The molecule has 0 unspecified atom stereocenters. The first-order valence-corrected chi connectivity index (χ1v) is 6.87. The number of hydrogen-bond donors (Lipinski definition) is 2. The Bertz CT molecular complexity index is 405. The van der Waals surface area contributed by atoms with Gasteiger partial charge < -0.3 is 15.8 Å². The molecular formula is C14H26N4O. The molecule has 0 fully saturated rings. The van der Waals surface area contributed by atoms with Crippen molar-refractivity contribution in [3.05, 3.63) is 11.4 Å². The number of aromatic nitrogens is 2. The molecule has 0 spiro atoms. The van der Waals surface area contributed by atoms with Gasteiger partial charge in [0.2, 0.25) is 0 Å². The lowest BCUT2D eigenvalue weighted by molar-refractivity contribution is 0.118. The largest absolute Gasteiger partial charge is 0.383 e. The van der Waals surface area contributed by atoms with Gasteiger partial charge in [-0.05, 0) is 12.8 Å². The van der Waals surface area contributed by atoms with Crippen LogP contribution in [0.2, 0.25) is 0 Å². The van der Waals surface area contributed by atoms with E-state index in [0.717, 1.165) is 30.4 Å². The number of nitrogens with two attached hydrogens (primary N) is 1. The summed E-state index contributed by atoms with van der Waals surface area (Å²) >= 11 is 0. The van der Waals surface area contributed by atoms with Crippen LogP contribution in [0.4, 0.5) is 11.6 Å². The Labute approximate surface area is 116 Å². The van der Waals surface area contributed by atoms with Crippen molar-refractivity contribution in [3.8, 4) is 0 Å². The zero-order valence-electron chi connectivity index (χ0n) is 12.7. The molecule has 19 heavy (non-hydrogen) atoms. The molecule has 1 heterocycles. The highest BCUT2D eigenvalue weighted by molar-refractivity contribution is 5.54. The highest BCUT2D eigenvalue weighted by Crippen LogP contribution is 2.20. The summed E-state index contributed by atoms with van der Waals surface area (Å²) in [5.74, 6) is 2.95. The molecular weight excluding hydrogens is 240 g/mol. The predicted molar refractivity (Wildman–Crippen MR) is 79.4 cm³/mol. The van der Waals surface area contributed by atoms with Gasteiger partial charge in [-0.25, -0.2) is 9.97 Å². The molecule has 108 valence electrons. The average Bonchev–Trinajstić information content (AvgIpc) is 2.33. The molecule has 0 amide bonds. The van der Waals surface area contributed by atoms with E-state index >= 15 is 0 Å². The minimum atomic E-state index is 0.264. The van der Waals surface area contributed by atoms with Crippen LogP contribution in [0, 0.1) is 12.8 Å². The van der Waals surface area contributed by atoms with Crippen LogP contribution in [0.5, 0.6) is 0 Å². The summed E-state index contributed by atoms with van der Waals surface area (Å²) in [7, 11) is 0. The summed E-state index contributed by atoms with van der Waals surface area (Å²) < 4.78 is 5.53. The Morgan fingerprint density at radius 1 is 1.21 bits per heavy atom. The summed E-state index contributed by atoms with van der Waals surface area (Å²) in [4.78, 5) is 8.80. The summed E-state index contributed by atoms with van der Waals surface area (Å²) in [6.07, 6.45) is 0. The summed E-state index contributed by atoms with van der Waals surface area (Å²) in [6.45, 7) is 12.5. The third-order valence-electron chi connectivity index (χ3n) is 2.71. The molecule has 0 bridgehead atoms. The molecule has 0 radical (unpaired) electrons. The quantitative estimate of drug-likeness (QED) is 0.742. The van der Waals surface area contributed by atoms with Gasteiger partial charge >= 0.3 is 0 Å². The summed E-state index contributed by atoms with van der Waals surface area (Å²) in [5, 5.41) is 3.27. The van der Waals surface area contributed by atoms with Crippen molar-refractivity contribution in [2.24, 2.45) is 5.92 Å². The standard InChI is InChI=1S/C14H26N4O/c1-9(2)8-19-7-6-16-14-11(5)12(15)17-13(18-14)10(3)4/h9-10H,6-8H2,1-5H3,(H3,15,16,17,18). The Morgan fingerprint density at radius 3 is 2.47 bits per heavy atom. The molecule has 1 aromatic rings. The molecule has 1 rings (SSSR count). The number of nitrogens with one attached hydrogen (secondary N) is 1. The lowest BCUT2D eigenvalue weighted by atomic mass is 10.2. The lowest BCUT2D eigenvalue weighted by Crippen LogP contribution is -2.15. The second kappa shape index (κ2) is 7.28. The molecule has 0 aliphatic rings. The monoisotopic (exact) mass is 266 g/mol. The molecule has 0 atom stereocenters. The number of anilines is 2. The van der Waals surface area contributed by atoms with Crippen LogP contribution in [-0.4, -0.2) is 29.7 Å². The van der Waals surface area contributed by atoms with Crippen LogP contribution in [0.15, 0.2) is 0 Å². The fraction of sp³-hybridized carbons (Fsp3) is 0.714. The van der Waals surface area contributed by atoms with Gasteiger partial charge in [-0.2, -0.15) is 0 Å². The molecule has 0 aliphatic heterocycles. The number of ether oxygens (including phenoxy) is 1. The molecule has 0 aliphatic carbocycles. The maximum absolute atomic E-state index is 5.91. The number of rotatable bonds is 7. The van der Waals surface area contributed by atoms with Crippen molar-refractivity contribution in [2.75, 3.05) is 30.8 Å².